The average Bonchev–Trinajstić information content (AvgIpc) is 2.42. The largest absolute Gasteiger partial charge is 0.478 e. The van der Waals surface area contributed by atoms with Crippen molar-refractivity contribution in [2.45, 2.75) is 18.9 Å². The van der Waals surface area contributed by atoms with E-state index in [1.807, 2.05) is 12.1 Å². The van der Waals surface area contributed by atoms with Gasteiger partial charge < -0.3 is 10.4 Å². The first-order valence-corrected chi connectivity index (χ1v) is 6.45. The minimum absolute atomic E-state index is 0.314. The maximum Gasteiger partial charge on any atom is 0.337 e. The van der Waals surface area contributed by atoms with Gasteiger partial charge >= 0.3 is 5.97 Å². The zero-order valence-electron chi connectivity index (χ0n) is 10.8. The highest BCUT2D eigenvalue weighted by molar-refractivity contribution is 5.94. The number of likely N-dealkylation sites (tertiary alicyclic amines) is 1. The van der Waals surface area contributed by atoms with Crippen molar-refractivity contribution < 1.29 is 9.90 Å². The number of terminal acetylenes is 1. The number of carboxylic acid groups (broad SMARTS) is 1. The highest BCUT2D eigenvalue weighted by atomic mass is 16.4. The van der Waals surface area contributed by atoms with Crippen LogP contribution in [0.1, 0.15) is 23.2 Å². The summed E-state index contributed by atoms with van der Waals surface area (Å²) in [4.78, 5) is 13.4. The lowest BCUT2D eigenvalue weighted by molar-refractivity contribution is 0.0698. The number of carbonyl (C=O) groups is 1. The van der Waals surface area contributed by atoms with Crippen LogP contribution < -0.4 is 5.32 Å². The molecule has 0 amide bonds. The molecule has 0 saturated carbocycles. The smallest absolute Gasteiger partial charge is 0.337 e. The number of benzene rings is 1. The van der Waals surface area contributed by atoms with Gasteiger partial charge in [-0.2, -0.15) is 0 Å². The summed E-state index contributed by atoms with van der Waals surface area (Å²) < 4.78 is 0. The third-order valence-electron chi connectivity index (χ3n) is 3.42. The number of carboxylic acids is 1. The van der Waals surface area contributed by atoms with Crippen molar-refractivity contribution in [2.75, 3.05) is 25.0 Å². The molecule has 0 atom stereocenters. The van der Waals surface area contributed by atoms with Crippen molar-refractivity contribution in [1.29, 1.82) is 0 Å². The minimum Gasteiger partial charge on any atom is -0.478 e. The van der Waals surface area contributed by atoms with E-state index in [-0.39, 0.29) is 0 Å². The molecule has 1 aromatic rings. The highest BCUT2D eigenvalue weighted by Crippen LogP contribution is 2.20. The van der Waals surface area contributed by atoms with E-state index in [9.17, 15) is 4.79 Å². The Morgan fingerprint density at radius 2 is 2.11 bits per heavy atom. The fourth-order valence-electron chi connectivity index (χ4n) is 2.38. The van der Waals surface area contributed by atoms with E-state index in [0.717, 1.165) is 25.9 Å². The minimum atomic E-state index is -0.895. The monoisotopic (exact) mass is 258 g/mol. The third-order valence-corrected chi connectivity index (χ3v) is 3.42. The SMILES string of the molecule is C#CCN1CCC(Nc2ccccc2C(=O)O)CC1. The first-order chi connectivity index (χ1) is 9.20. The second-order valence-corrected chi connectivity index (χ2v) is 4.75. The topological polar surface area (TPSA) is 52.6 Å². The molecule has 0 unspecified atom stereocenters. The molecule has 4 nitrogen and oxygen atoms in total. The van der Waals surface area contributed by atoms with Crippen LogP contribution in [0.15, 0.2) is 24.3 Å². The second-order valence-electron chi connectivity index (χ2n) is 4.75. The lowest BCUT2D eigenvalue weighted by Gasteiger charge is -2.31. The fourth-order valence-corrected chi connectivity index (χ4v) is 2.38. The summed E-state index contributed by atoms with van der Waals surface area (Å²) in [7, 11) is 0. The predicted octanol–water partition coefficient (Wildman–Crippen LogP) is 1.89. The zero-order valence-corrected chi connectivity index (χ0v) is 10.8. The molecule has 19 heavy (non-hydrogen) atoms. The molecule has 1 heterocycles. The molecule has 1 aliphatic rings. The van der Waals surface area contributed by atoms with Crippen molar-refractivity contribution in [3.63, 3.8) is 0 Å². The Balaban J connectivity index is 1.96. The van der Waals surface area contributed by atoms with Crippen molar-refractivity contribution in [2.24, 2.45) is 0 Å². The molecular formula is C15H18N2O2. The Morgan fingerprint density at radius 3 is 2.74 bits per heavy atom. The molecule has 1 aromatic carbocycles. The molecule has 0 radical (unpaired) electrons. The van der Waals surface area contributed by atoms with E-state index < -0.39 is 5.97 Å². The van der Waals surface area contributed by atoms with Crippen LogP contribution in [0.5, 0.6) is 0 Å². The maximum atomic E-state index is 11.1. The third kappa shape index (κ3) is 3.49. The molecule has 100 valence electrons. The number of nitrogens with one attached hydrogen (secondary N) is 1. The number of hydrogen-bond acceptors (Lipinski definition) is 3. The molecule has 4 heteroatoms. The Bertz CT molecular complexity index is 485. The van der Waals surface area contributed by atoms with E-state index >= 15 is 0 Å². The van der Waals surface area contributed by atoms with Gasteiger partial charge in [0.2, 0.25) is 0 Å². The summed E-state index contributed by atoms with van der Waals surface area (Å²) in [6.07, 6.45) is 7.26. The molecular weight excluding hydrogens is 240 g/mol. The van der Waals surface area contributed by atoms with Gasteiger partial charge in [-0.1, -0.05) is 18.1 Å². The first kappa shape index (κ1) is 13.4. The van der Waals surface area contributed by atoms with Gasteiger partial charge in [-0.3, -0.25) is 4.90 Å². The van der Waals surface area contributed by atoms with Gasteiger partial charge in [-0.15, -0.1) is 6.42 Å². The number of aromatic carboxylic acids is 1. The number of anilines is 1. The van der Waals surface area contributed by atoms with Gasteiger partial charge in [-0.05, 0) is 25.0 Å². The quantitative estimate of drug-likeness (QED) is 0.810. The standard InChI is InChI=1S/C15H18N2O2/c1-2-9-17-10-7-12(8-11-17)16-14-6-4-3-5-13(14)15(18)19/h1,3-6,12,16H,7-11H2,(H,18,19). The number of para-hydroxylation sites is 1. The van der Waals surface area contributed by atoms with Gasteiger partial charge in [0.05, 0.1) is 12.1 Å². The van der Waals surface area contributed by atoms with Gasteiger partial charge in [0.1, 0.15) is 0 Å². The zero-order chi connectivity index (χ0) is 13.7. The predicted molar refractivity (Wildman–Crippen MR) is 75.3 cm³/mol. The van der Waals surface area contributed by atoms with Crippen LogP contribution in [0.2, 0.25) is 0 Å². The number of nitrogens with zero attached hydrogens (tertiary/aromatic N) is 1. The lowest BCUT2D eigenvalue weighted by Crippen LogP contribution is -2.39. The second kappa shape index (κ2) is 6.26. The van der Waals surface area contributed by atoms with Crippen LogP contribution in [-0.2, 0) is 0 Å². The van der Waals surface area contributed by atoms with Crippen molar-refractivity contribution in [1.82, 2.24) is 4.90 Å². The van der Waals surface area contributed by atoms with Crippen molar-refractivity contribution in [3.8, 4) is 12.3 Å². The fraction of sp³-hybridized carbons (Fsp3) is 0.400. The van der Waals surface area contributed by atoms with Crippen molar-refractivity contribution >= 4 is 11.7 Å². The van der Waals surface area contributed by atoms with Gasteiger partial charge in [-0.25, -0.2) is 4.79 Å². The molecule has 1 aliphatic heterocycles. The lowest BCUT2D eigenvalue weighted by atomic mass is 10.0. The first-order valence-electron chi connectivity index (χ1n) is 6.45. The Labute approximate surface area is 113 Å². The molecule has 0 aliphatic carbocycles. The molecule has 0 spiro atoms. The van der Waals surface area contributed by atoms with E-state index in [0.29, 0.717) is 23.8 Å². The molecule has 2 N–H and O–H groups in total. The Kier molecular flexibility index (Phi) is 4.43. The highest BCUT2D eigenvalue weighted by Gasteiger charge is 2.19. The average molecular weight is 258 g/mol. The summed E-state index contributed by atoms with van der Waals surface area (Å²) in [5.41, 5.74) is 1.03. The normalized spacial score (nSPS) is 16.8. The van der Waals surface area contributed by atoms with Crippen molar-refractivity contribution in [3.05, 3.63) is 29.8 Å². The maximum absolute atomic E-state index is 11.1. The van der Waals surface area contributed by atoms with Crippen LogP contribution in [0.3, 0.4) is 0 Å². The van der Waals surface area contributed by atoms with E-state index in [1.54, 1.807) is 12.1 Å². The summed E-state index contributed by atoms with van der Waals surface area (Å²) in [6, 6.07) is 7.34. The van der Waals surface area contributed by atoms with Crippen LogP contribution >= 0.6 is 0 Å². The molecule has 0 bridgehead atoms. The van der Waals surface area contributed by atoms with Gasteiger partial charge in [0, 0.05) is 24.8 Å². The van der Waals surface area contributed by atoms with Crippen LogP contribution in [-0.4, -0.2) is 41.7 Å². The molecule has 1 fully saturated rings. The number of hydrogen-bond donors (Lipinski definition) is 2. The molecule has 1 saturated heterocycles. The summed E-state index contributed by atoms with van der Waals surface area (Å²) in [5.74, 6) is 1.76. The summed E-state index contributed by atoms with van der Waals surface area (Å²) >= 11 is 0. The summed E-state index contributed by atoms with van der Waals surface area (Å²) in [5, 5.41) is 12.5. The summed E-state index contributed by atoms with van der Waals surface area (Å²) in [6.45, 7) is 2.60. The molecule has 2 rings (SSSR count). The Hall–Kier alpha value is -1.99. The number of piperidine rings is 1. The van der Waals surface area contributed by atoms with Crippen LogP contribution in [0.25, 0.3) is 0 Å². The van der Waals surface area contributed by atoms with Crippen LogP contribution in [0, 0.1) is 12.3 Å². The van der Waals surface area contributed by atoms with E-state index in [2.05, 4.69) is 16.1 Å². The Morgan fingerprint density at radius 1 is 1.42 bits per heavy atom. The van der Waals surface area contributed by atoms with Gasteiger partial charge in [0.25, 0.3) is 0 Å². The van der Waals surface area contributed by atoms with E-state index in [4.69, 9.17) is 11.5 Å². The van der Waals surface area contributed by atoms with Gasteiger partial charge in [0.15, 0.2) is 0 Å². The van der Waals surface area contributed by atoms with E-state index in [1.165, 1.54) is 0 Å². The number of rotatable bonds is 4. The van der Waals surface area contributed by atoms with Crippen LogP contribution in [0.4, 0.5) is 5.69 Å². The molecule has 0 aromatic heterocycles.